The minimum Gasteiger partial charge on any atom is -0.452 e. The van der Waals surface area contributed by atoms with Gasteiger partial charge in [0, 0.05) is 12.6 Å². The van der Waals surface area contributed by atoms with Crippen molar-refractivity contribution in [2.24, 2.45) is 0 Å². The van der Waals surface area contributed by atoms with Gasteiger partial charge in [0.15, 0.2) is 6.61 Å². The molecule has 0 aliphatic carbocycles. The zero-order valence-electron chi connectivity index (χ0n) is 16.1. The second-order valence-corrected chi connectivity index (χ2v) is 8.30. The van der Waals surface area contributed by atoms with Crippen LogP contribution in [0.4, 0.5) is 0 Å². The number of ether oxygens (including phenoxy) is 1. The van der Waals surface area contributed by atoms with Crippen LogP contribution >= 0.6 is 0 Å². The van der Waals surface area contributed by atoms with Crippen molar-refractivity contribution >= 4 is 21.9 Å². The van der Waals surface area contributed by atoms with E-state index in [1.807, 2.05) is 44.2 Å². The Balaban J connectivity index is 2.04. The maximum absolute atomic E-state index is 12.5. The molecule has 0 aromatic heterocycles. The summed E-state index contributed by atoms with van der Waals surface area (Å²) >= 11 is 0. The first-order chi connectivity index (χ1) is 13.2. The Hall–Kier alpha value is -2.71. The molecule has 1 amide bonds. The SMILES string of the molecule is CNS(=O)(=O)c1cccc(C(=O)OCC(=O)N(Cc2ccccc2)C(C)C)c1. The van der Waals surface area contributed by atoms with E-state index in [0.29, 0.717) is 6.54 Å². The summed E-state index contributed by atoms with van der Waals surface area (Å²) in [7, 11) is -2.39. The normalized spacial score (nSPS) is 11.3. The molecule has 2 aromatic rings. The molecule has 2 aromatic carbocycles. The molecule has 0 saturated heterocycles. The van der Waals surface area contributed by atoms with E-state index in [1.165, 1.54) is 31.3 Å². The van der Waals surface area contributed by atoms with Gasteiger partial charge in [-0.1, -0.05) is 36.4 Å². The van der Waals surface area contributed by atoms with E-state index in [2.05, 4.69) is 4.72 Å². The Kier molecular flexibility index (Phi) is 7.31. The van der Waals surface area contributed by atoms with Crippen LogP contribution in [-0.2, 0) is 26.1 Å². The van der Waals surface area contributed by atoms with Gasteiger partial charge in [-0.2, -0.15) is 0 Å². The van der Waals surface area contributed by atoms with Crippen LogP contribution in [0, 0.1) is 0 Å². The lowest BCUT2D eigenvalue weighted by molar-refractivity contribution is -0.136. The van der Waals surface area contributed by atoms with Crippen LogP contribution in [0.2, 0.25) is 0 Å². The van der Waals surface area contributed by atoms with Crippen LogP contribution in [0.15, 0.2) is 59.5 Å². The minimum atomic E-state index is -3.68. The van der Waals surface area contributed by atoms with Crippen molar-refractivity contribution in [3.8, 4) is 0 Å². The van der Waals surface area contributed by atoms with Gasteiger partial charge in [0.05, 0.1) is 10.5 Å². The highest BCUT2D eigenvalue weighted by Crippen LogP contribution is 2.13. The summed E-state index contributed by atoms with van der Waals surface area (Å²) in [6.07, 6.45) is 0. The Bertz CT molecular complexity index is 927. The highest BCUT2D eigenvalue weighted by molar-refractivity contribution is 7.89. The van der Waals surface area contributed by atoms with Crippen LogP contribution in [0.5, 0.6) is 0 Å². The third-order valence-electron chi connectivity index (χ3n) is 4.11. The van der Waals surface area contributed by atoms with Crippen LogP contribution in [-0.4, -0.2) is 44.9 Å². The molecule has 150 valence electrons. The number of hydrogen-bond acceptors (Lipinski definition) is 5. The molecule has 0 aliphatic heterocycles. The summed E-state index contributed by atoms with van der Waals surface area (Å²) in [5.74, 6) is -1.09. The molecule has 0 fully saturated rings. The van der Waals surface area contributed by atoms with Crippen molar-refractivity contribution in [2.75, 3.05) is 13.7 Å². The lowest BCUT2D eigenvalue weighted by Gasteiger charge is -2.26. The number of hydrogen-bond donors (Lipinski definition) is 1. The Labute approximate surface area is 165 Å². The van der Waals surface area contributed by atoms with Crippen LogP contribution in [0.25, 0.3) is 0 Å². The summed E-state index contributed by atoms with van der Waals surface area (Å²) in [6.45, 7) is 3.75. The number of esters is 1. The minimum absolute atomic E-state index is 0.0522. The maximum Gasteiger partial charge on any atom is 0.338 e. The van der Waals surface area contributed by atoms with Gasteiger partial charge in [-0.05, 0) is 44.7 Å². The number of nitrogens with zero attached hydrogens (tertiary/aromatic N) is 1. The average molecular weight is 404 g/mol. The molecule has 0 bridgehead atoms. The first kappa shape index (κ1) is 21.6. The lowest BCUT2D eigenvalue weighted by Crippen LogP contribution is -2.39. The molecule has 0 saturated carbocycles. The summed E-state index contributed by atoms with van der Waals surface area (Å²) < 4.78 is 31.0. The van der Waals surface area contributed by atoms with E-state index in [1.54, 1.807) is 4.90 Å². The highest BCUT2D eigenvalue weighted by atomic mass is 32.2. The Morgan fingerprint density at radius 3 is 2.36 bits per heavy atom. The maximum atomic E-state index is 12.5. The zero-order valence-corrected chi connectivity index (χ0v) is 16.9. The number of nitrogens with one attached hydrogen (secondary N) is 1. The molecule has 0 unspecified atom stereocenters. The topological polar surface area (TPSA) is 92.8 Å². The number of sulfonamides is 1. The van der Waals surface area contributed by atoms with Gasteiger partial charge in [0.2, 0.25) is 10.0 Å². The van der Waals surface area contributed by atoms with Gasteiger partial charge in [-0.15, -0.1) is 0 Å². The smallest absolute Gasteiger partial charge is 0.338 e. The van der Waals surface area contributed by atoms with E-state index >= 15 is 0 Å². The molecule has 0 atom stereocenters. The first-order valence-corrected chi connectivity index (χ1v) is 10.3. The molecule has 28 heavy (non-hydrogen) atoms. The predicted molar refractivity (Wildman–Crippen MR) is 105 cm³/mol. The number of carbonyl (C=O) groups excluding carboxylic acids is 2. The second kappa shape index (κ2) is 9.48. The molecule has 0 spiro atoms. The van der Waals surface area contributed by atoms with Gasteiger partial charge in [0.25, 0.3) is 5.91 Å². The van der Waals surface area contributed by atoms with Crippen molar-refractivity contribution in [1.82, 2.24) is 9.62 Å². The fraction of sp³-hybridized carbons (Fsp3) is 0.300. The van der Waals surface area contributed by atoms with E-state index in [-0.39, 0.29) is 22.4 Å². The molecule has 0 heterocycles. The number of carbonyl (C=O) groups is 2. The van der Waals surface area contributed by atoms with Gasteiger partial charge in [0.1, 0.15) is 0 Å². The Morgan fingerprint density at radius 2 is 1.75 bits per heavy atom. The van der Waals surface area contributed by atoms with Crippen LogP contribution in [0.1, 0.15) is 29.8 Å². The molecular weight excluding hydrogens is 380 g/mol. The monoisotopic (exact) mass is 404 g/mol. The number of benzene rings is 2. The van der Waals surface area contributed by atoms with Crippen molar-refractivity contribution in [1.29, 1.82) is 0 Å². The first-order valence-electron chi connectivity index (χ1n) is 8.78. The fourth-order valence-electron chi connectivity index (χ4n) is 2.54. The van der Waals surface area contributed by atoms with Crippen molar-refractivity contribution in [2.45, 2.75) is 31.3 Å². The molecule has 0 radical (unpaired) electrons. The predicted octanol–water partition coefficient (Wildman–Crippen LogP) is 2.19. The van der Waals surface area contributed by atoms with E-state index in [4.69, 9.17) is 4.74 Å². The van der Waals surface area contributed by atoms with Crippen molar-refractivity contribution in [3.05, 3.63) is 65.7 Å². The van der Waals surface area contributed by atoms with Gasteiger partial charge < -0.3 is 9.64 Å². The molecule has 0 aliphatic rings. The highest BCUT2D eigenvalue weighted by Gasteiger charge is 2.20. The van der Waals surface area contributed by atoms with Crippen LogP contribution in [0.3, 0.4) is 0 Å². The molecule has 1 N–H and O–H groups in total. The third kappa shape index (κ3) is 5.64. The lowest BCUT2D eigenvalue weighted by atomic mass is 10.2. The largest absolute Gasteiger partial charge is 0.452 e. The summed E-state index contributed by atoms with van der Waals surface area (Å²) in [4.78, 5) is 26.4. The molecule has 7 nitrogen and oxygen atoms in total. The van der Waals surface area contributed by atoms with Crippen LogP contribution < -0.4 is 4.72 Å². The summed E-state index contributed by atoms with van der Waals surface area (Å²) in [5.41, 5.74) is 1.03. The standard InChI is InChI=1S/C20H24N2O5S/c1-15(2)22(13-16-8-5-4-6-9-16)19(23)14-27-20(24)17-10-7-11-18(12-17)28(25,26)21-3/h4-12,15,21H,13-14H2,1-3H3. The van der Waals surface area contributed by atoms with E-state index in [9.17, 15) is 18.0 Å². The van der Waals surface area contributed by atoms with Crippen molar-refractivity contribution in [3.63, 3.8) is 0 Å². The summed E-state index contributed by atoms with van der Waals surface area (Å²) in [6, 6.07) is 14.9. The van der Waals surface area contributed by atoms with Gasteiger partial charge >= 0.3 is 5.97 Å². The molecular formula is C20H24N2O5S. The zero-order chi connectivity index (χ0) is 20.7. The number of amides is 1. The quantitative estimate of drug-likeness (QED) is 0.681. The molecule has 8 heteroatoms. The third-order valence-corrected chi connectivity index (χ3v) is 5.53. The van der Waals surface area contributed by atoms with Gasteiger partial charge in [-0.3, -0.25) is 4.79 Å². The van der Waals surface area contributed by atoms with E-state index in [0.717, 1.165) is 5.56 Å². The summed E-state index contributed by atoms with van der Waals surface area (Å²) in [5, 5.41) is 0. The van der Waals surface area contributed by atoms with Gasteiger partial charge in [-0.25, -0.2) is 17.9 Å². The molecule has 2 rings (SSSR count). The average Bonchev–Trinajstić information content (AvgIpc) is 2.70. The second-order valence-electron chi connectivity index (χ2n) is 6.41. The Morgan fingerprint density at radius 1 is 1.07 bits per heavy atom. The van der Waals surface area contributed by atoms with E-state index < -0.39 is 22.6 Å². The van der Waals surface area contributed by atoms with Crippen molar-refractivity contribution < 1.29 is 22.7 Å². The fourth-order valence-corrected chi connectivity index (χ4v) is 3.32. The number of rotatable bonds is 8.